The molecule has 0 fully saturated rings. The minimum atomic E-state index is -0.848. The first-order valence-corrected chi connectivity index (χ1v) is 9.28. The highest BCUT2D eigenvalue weighted by Gasteiger charge is 2.20. The summed E-state index contributed by atoms with van der Waals surface area (Å²) >= 11 is 1.57. The van der Waals surface area contributed by atoms with Gasteiger partial charge in [-0.05, 0) is 49.1 Å². The number of fused-ring (bicyclic) bond motifs is 1. The van der Waals surface area contributed by atoms with Gasteiger partial charge in [-0.1, -0.05) is 6.07 Å². The largest absolute Gasteiger partial charge is 0.493 e. The number of rotatable bonds is 6. The van der Waals surface area contributed by atoms with Gasteiger partial charge in [-0.3, -0.25) is 4.79 Å². The maximum absolute atomic E-state index is 11.3. The summed E-state index contributed by atoms with van der Waals surface area (Å²) in [7, 11) is 3.19. The fourth-order valence-corrected chi connectivity index (χ4v) is 3.60. The molecular formula is C20H20O5S. The summed E-state index contributed by atoms with van der Waals surface area (Å²) in [4.78, 5) is 12.3. The van der Waals surface area contributed by atoms with Crippen LogP contribution in [0.4, 0.5) is 0 Å². The summed E-state index contributed by atoms with van der Waals surface area (Å²) in [6.07, 6.45) is 1.97. The van der Waals surface area contributed by atoms with Crippen molar-refractivity contribution in [2.75, 3.05) is 20.5 Å². The van der Waals surface area contributed by atoms with Gasteiger partial charge in [-0.2, -0.15) is 0 Å². The molecule has 5 nitrogen and oxygen atoms in total. The number of thioether (sulfide) groups is 1. The molecular weight excluding hydrogens is 352 g/mol. The number of carboxylic acid groups (broad SMARTS) is 1. The number of furan rings is 1. The van der Waals surface area contributed by atoms with Gasteiger partial charge in [-0.15, -0.1) is 11.8 Å². The van der Waals surface area contributed by atoms with E-state index in [9.17, 15) is 9.90 Å². The zero-order valence-electron chi connectivity index (χ0n) is 15.0. The lowest BCUT2D eigenvalue weighted by Gasteiger charge is -2.09. The van der Waals surface area contributed by atoms with Crippen LogP contribution in [0.3, 0.4) is 0 Å². The molecule has 0 amide bonds. The van der Waals surface area contributed by atoms with Gasteiger partial charge in [0.1, 0.15) is 11.3 Å². The number of ether oxygens (including phenoxy) is 2. The molecule has 1 heterocycles. The van der Waals surface area contributed by atoms with E-state index < -0.39 is 11.9 Å². The molecule has 0 aliphatic carbocycles. The number of benzene rings is 2. The van der Waals surface area contributed by atoms with E-state index in [1.807, 2.05) is 36.6 Å². The molecule has 1 atom stereocenters. The molecule has 1 aromatic heterocycles. The lowest BCUT2D eigenvalue weighted by molar-refractivity contribution is -0.138. The van der Waals surface area contributed by atoms with Crippen molar-refractivity contribution in [3.63, 3.8) is 0 Å². The fourth-order valence-electron chi connectivity index (χ4n) is 2.87. The molecule has 0 bridgehead atoms. The van der Waals surface area contributed by atoms with Gasteiger partial charge in [0, 0.05) is 10.9 Å². The molecule has 0 saturated carbocycles. The monoisotopic (exact) mass is 372 g/mol. The highest BCUT2D eigenvalue weighted by Crippen LogP contribution is 2.42. The summed E-state index contributed by atoms with van der Waals surface area (Å²) in [5.74, 6) is 0.578. The first-order valence-electron chi connectivity index (χ1n) is 8.05. The van der Waals surface area contributed by atoms with Crippen molar-refractivity contribution in [1.29, 1.82) is 0 Å². The Labute approximate surface area is 155 Å². The van der Waals surface area contributed by atoms with Gasteiger partial charge >= 0.3 is 5.97 Å². The van der Waals surface area contributed by atoms with E-state index in [2.05, 4.69) is 0 Å². The highest BCUT2D eigenvalue weighted by atomic mass is 32.2. The summed E-state index contributed by atoms with van der Waals surface area (Å²) in [5.41, 5.74) is 2.34. The summed E-state index contributed by atoms with van der Waals surface area (Å²) < 4.78 is 16.8. The third-order valence-corrected chi connectivity index (χ3v) is 5.20. The predicted octanol–water partition coefficient (Wildman–Crippen LogP) is 5.03. The zero-order chi connectivity index (χ0) is 18.8. The normalized spacial score (nSPS) is 12.2. The van der Waals surface area contributed by atoms with Crippen LogP contribution in [0.5, 0.6) is 11.5 Å². The Hall–Kier alpha value is -2.60. The summed E-state index contributed by atoms with van der Waals surface area (Å²) in [6, 6.07) is 11.1. The molecule has 1 N–H and O–H groups in total. The van der Waals surface area contributed by atoms with Crippen LogP contribution in [0, 0.1) is 0 Å². The van der Waals surface area contributed by atoms with Gasteiger partial charge < -0.3 is 19.0 Å². The average molecular weight is 372 g/mol. The molecule has 136 valence electrons. The molecule has 6 heteroatoms. The Kier molecular flexibility index (Phi) is 5.13. The molecule has 26 heavy (non-hydrogen) atoms. The van der Waals surface area contributed by atoms with Crippen LogP contribution in [0.25, 0.3) is 22.3 Å². The van der Waals surface area contributed by atoms with Crippen LogP contribution in [0.1, 0.15) is 18.4 Å². The van der Waals surface area contributed by atoms with Crippen molar-refractivity contribution in [3.8, 4) is 22.8 Å². The van der Waals surface area contributed by atoms with E-state index in [-0.39, 0.29) is 0 Å². The van der Waals surface area contributed by atoms with E-state index in [1.54, 1.807) is 39.0 Å². The fraction of sp³-hybridized carbons (Fsp3) is 0.250. The molecule has 0 spiro atoms. The molecule has 0 radical (unpaired) electrons. The molecule has 1 unspecified atom stereocenters. The molecule has 0 saturated heterocycles. The Balaban J connectivity index is 2.16. The van der Waals surface area contributed by atoms with Gasteiger partial charge in [0.05, 0.1) is 25.0 Å². The molecule has 0 aliphatic rings. The number of carbonyl (C=O) groups is 1. The van der Waals surface area contributed by atoms with E-state index in [0.717, 1.165) is 32.8 Å². The molecule has 3 aromatic rings. The maximum Gasteiger partial charge on any atom is 0.310 e. The maximum atomic E-state index is 11.3. The van der Waals surface area contributed by atoms with Gasteiger partial charge in [0.2, 0.25) is 0 Å². The molecule has 3 rings (SSSR count). The summed E-state index contributed by atoms with van der Waals surface area (Å²) in [6.45, 7) is 1.68. The van der Waals surface area contributed by atoms with Crippen molar-refractivity contribution >= 4 is 28.7 Å². The van der Waals surface area contributed by atoms with Crippen LogP contribution in [0.15, 0.2) is 45.7 Å². The topological polar surface area (TPSA) is 68.9 Å². The first-order chi connectivity index (χ1) is 12.5. The third-order valence-electron chi connectivity index (χ3n) is 4.39. The van der Waals surface area contributed by atoms with Crippen LogP contribution in [-0.4, -0.2) is 31.6 Å². The predicted molar refractivity (Wildman–Crippen MR) is 103 cm³/mol. The molecule has 0 aliphatic heterocycles. The highest BCUT2D eigenvalue weighted by molar-refractivity contribution is 7.99. The van der Waals surface area contributed by atoms with Crippen LogP contribution in [-0.2, 0) is 4.79 Å². The minimum Gasteiger partial charge on any atom is -0.493 e. The van der Waals surface area contributed by atoms with Crippen LogP contribution in [0.2, 0.25) is 0 Å². The van der Waals surface area contributed by atoms with Gasteiger partial charge in [0.25, 0.3) is 0 Å². The van der Waals surface area contributed by atoms with Crippen molar-refractivity contribution in [2.24, 2.45) is 0 Å². The second-order valence-corrected chi connectivity index (χ2v) is 6.67. The van der Waals surface area contributed by atoms with Crippen LogP contribution >= 0.6 is 11.8 Å². The number of carboxylic acids is 1. The van der Waals surface area contributed by atoms with Crippen molar-refractivity contribution < 1.29 is 23.8 Å². The second-order valence-electron chi connectivity index (χ2n) is 5.85. The van der Waals surface area contributed by atoms with Crippen LogP contribution < -0.4 is 9.47 Å². The van der Waals surface area contributed by atoms with E-state index in [4.69, 9.17) is 13.9 Å². The lowest BCUT2D eigenvalue weighted by Crippen LogP contribution is -2.06. The zero-order valence-corrected chi connectivity index (χ0v) is 15.8. The van der Waals surface area contributed by atoms with Crippen molar-refractivity contribution in [2.45, 2.75) is 17.7 Å². The lowest BCUT2D eigenvalue weighted by atomic mass is 10.00. The Morgan fingerprint density at radius 3 is 2.46 bits per heavy atom. The van der Waals surface area contributed by atoms with E-state index in [1.165, 1.54) is 0 Å². The Bertz CT molecular complexity index is 960. The Morgan fingerprint density at radius 1 is 1.12 bits per heavy atom. The van der Waals surface area contributed by atoms with Crippen molar-refractivity contribution in [1.82, 2.24) is 0 Å². The smallest absolute Gasteiger partial charge is 0.310 e. The summed E-state index contributed by atoms with van der Waals surface area (Å²) in [5, 5.41) is 10.2. The Morgan fingerprint density at radius 2 is 1.85 bits per heavy atom. The first kappa shape index (κ1) is 18.2. The quantitative estimate of drug-likeness (QED) is 0.612. The number of methoxy groups -OCH3 is 2. The van der Waals surface area contributed by atoms with Gasteiger partial charge in [-0.25, -0.2) is 0 Å². The second kappa shape index (κ2) is 7.33. The van der Waals surface area contributed by atoms with E-state index in [0.29, 0.717) is 11.5 Å². The van der Waals surface area contributed by atoms with Gasteiger partial charge in [0.15, 0.2) is 11.5 Å². The molecule has 2 aromatic carbocycles. The van der Waals surface area contributed by atoms with Crippen molar-refractivity contribution in [3.05, 3.63) is 42.0 Å². The number of hydrogen-bond donors (Lipinski definition) is 1. The number of hydrogen-bond acceptors (Lipinski definition) is 5. The number of aliphatic carboxylic acids is 1. The SMILES string of the molecule is COc1ccc(-c2oc3ccc(C(C)C(=O)O)cc3c2SC)cc1OC. The standard InChI is InChI=1S/C20H20O5S/c1-11(20(21)22)12-5-7-15-14(9-12)19(26-4)18(25-15)13-6-8-16(23-2)17(10-13)24-3/h5-11H,1-4H3,(H,21,22). The average Bonchev–Trinajstić information content (AvgIpc) is 3.04. The minimum absolute atomic E-state index is 0.575. The third kappa shape index (κ3) is 3.12. The van der Waals surface area contributed by atoms with E-state index >= 15 is 0 Å².